The van der Waals surface area contributed by atoms with Gasteiger partial charge in [0, 0.05) is 83.1 Å². The Kier molecular flexibility index (Phi) is 26.8. The third-order valence-corrected chi connectivity index (χ3v) is 13.5. The molecule has 0 bridgehead atoms. The largest absolute Gasteiger partial charge is 0.479 e. The van der Waals surface area contributed by atoms with E-state index >= 15 is 0 Å². The number of carbonyl (C=O) groups excluding carboxylic acids is 12. The highest BCUT2D eigenvalue weighted by molar-refractivity contribution is 5.74. The van der Waals surface area contributed by atoms with Gasteiger partial charge in [0.15, 0.2) is 111 Å². The fraction of sp³-hybridized carbons (Fsp3) is 0.759. The van der Waals surface area contributed by atoms with Gasteiger partial charge in [-0.2, -0.15) is 0 Å². The standard InChI is InChI=1S/C54H74O37/c1-17-34(75-21(5)57)40(79-25(9)61)45(83-29(13)65)51(73-17)90-47-41(80-26(10)62)35(76-22(6)58)18(2)74-52(47)91-48-43(82-28(12)64)37(78-24(8)60)32(16-72-20(4)56)86-54(48)88-38-33(67)39(49(68)69)87-50(70)44(38)89-53-46(84-30(14)66)42(81-27(11)63)36(77-23(7)59)31(85-53)15-71-19(3)55/h17-18,31-48,50-54,67,70H,15-16H2,1-14H3,(H,68,69)/t17-,18-,31+,32+,33-,34-,35-,36-,37-,38-,39-,40+,41+,42-,43-,44+,45+,46+,47+,48+,50+,51-,52-,53-,54-/m0/s1. The molecule has 512 valence electrons. The zero-order chi connectivity index (χ0) is 68.2. The first-order valence-corrected chi connectivity index (χ1v) is 27.9. The van der Waals surface area contributed by atoms with E-state index in [4.69, 9.17) is 99.5 Å². The van der Waals surface area contributed by atoms with Crippen molar-refractivity contribution in [3.8, 4) is 0 Å². The maximum Gasteiger partial charge on any atom is 0.335 e. The summed E-state index contributed by atoms with van der Waals surface area (Å²) in [4.78, 5) is 166. The lowest BCUT2D eigenvalue weighted by Gasteiger charge is -2.51. The maximum atomic E-state index is 13.4. The van der Waals surface area contributed by atoms with Gasteiger partial charge in [-0.3, -0.25) is 57.5 Å². The number of esters is 12. The van der Waals surface area contributed by atoms with Crippen LogP contribution in [0.2, 0.25) is 0 Å². The van der Waals surface area contributed by atoms with Gasteiger partial charge in [-0.15, -0.1) is 0 Å². The van der Waals surface area contributed by atoms with Gasteiger partial charge in [0.2, 0.25) is 0 Å². The molecule has 37 heteroatoms. The van der Waals surface area contributed by atoms with Gasteiger partial charge in [-0.05, 0) is 13.8 Å². The summed E-state index contributed by atoms with van der Waals surface area (Å²) in [5, 5.41) is 34.4. The van der Waals surface area contributed by atoms with E-state index in [0.717, 1.165) is 83.1 Å². The van der Waals surface area contributed by atoms with E-state index in [2.05, 4.69) is 0 Å². The van der Waals surface area contributed by atoms with Crippen molar-refractivity contribution < 1.29 is 177 Å². The van der Waals surface area contributed by atoms with E-state index < -0.39 is 244 Å². The molecule has 5 saturated heterocycles. The molecular weight excluding hydrogens is 1240 g/mol. The van der Waals surface area contributed by atoms with E-state index in [9.17, 15) is 77.6 Å². The van der Waals surface area contributed by atoms with Crippen molar-refractivity contribution in [3.63, 3.8) is 0 Å². The van der Waals surface area contributed by atoms with Crippen LogP contribution in [0.25, 0.3) is 0 Å². The molecule has 0 amide bonds. The van der Waals surface area contributed by atoms with Crippen LogP contribution < -0.4 is 0 Å². The number of hydrogen-bond acceptors (Lipinski definition) is 36. The highest BCUT2D eigenvalue weighted by Gasteiger charge is 2.62. The predicted molar refractivity (Wildman–Crippen MR) is 279 cm³/mol. The van der Waals surface area contributed by atoms with Crippen molar-refractivity contribution in [3.05, 3.63) is 0 Å². The molecule has 0 aromatic carbocycles. The van der Waals surface area contributed by atoms with Crippen molar-refractivity contribution in [2.24, 2.45) is 0 Å². The second-order valence-electron chi connectivity index (χ2n) is 21.0. The smallest absolute Gasteiger partial charge is 0.335 e. The van der Waals surface area contributed by atoms with E-state index in [1.165, 1.54) is 13.8 Å². The molecule has 0 saturated carbocycles. The normalized spacial score (nSPS) is 36.2. The number of aliphatic carboxylic acids is 1. The molecular formula is C54H74O37. The van der Waals surface area contributed by atoms with Crippen LogP contribution in [0, 0.1) is 0 Å². The minimum atomic E-state index is -2.62. The van der Waals surface area contributed by atoms with Crippen LogP contribution in [0.15, 0.2) is 0 Å². The molecule has 5 rings (SSSR count). The minimum absolute atomic E-state index is 0.824. The third kappa shape index (κ3) is 20.3. The first kappa shape index (κ1) is 74.4. The average Bonchev–Trinajstić information content (AvgIpc) is 0.774. The van der Waals surface area contributed by atoms with Gasteiger partial charge >= 0.3 is 77.6 Å². The van der Waals surface area contributed by atoms with Gasteiger partial charge in [0.1, 0.15) is 43.7 Å². The first-order chi connectivity index (χ1) is 42.5. The molecule has 0 radical (unpaired) electrons. The Labute approximate surface area is 517 Å². The number of carboxylic acids is 1. The van der Waals surface area contributed by atoms with Crippen molar-refractivity contribution in [1.29, 1.82) is 0 Å². The fourth-order valence-electron chi connectivity index (χ4n) is 10.4. The van der Waals surface area contributed by atoms with Crippen LogP contribution in [0.3, 0.4) is 0 Å². The molecule has 5 aliphatic rings. The molecule has 37 nitrogen and oxygen atoms in total. The van der Waals surface area contributed by atoms with E-state index in [1.807, 2.05) is 0 Å². The Morgan fingerprint density at radius 2 is 0.549 bits per heavy atom. The number of hydrogen-bond donors (Lipinski definition) is 3. The number of ether oxygens (including phenoxy) is 21. The summed E-state index contributed by atoms with van der Waals surface area (Å²) in [7, 11) is 0. The molecule has 91 heavy (non-hydrogen) atoms. The Hall–Kier alpha value is -7.33. The molecule has 3 N–H and O–H groups in total. The molecule has 5 heterocycles. The zero-order valence-electron chi connectivity index (χ0n) is 51.6. The zero-order valence-corrected chi connectivity index (χ0v) is 51.6. The van der Waals surface area contributed by atoms with Gasteiger partial charge in [0.05, 0.1) is 12.2 Å². The van der Waals surface area contributed by atoms with Crippen LogP contribution in [0.4, 0.5) is 0 Å². The number of aliphatic hydroxyl groups excluding tert-OH is 2. The Morgan fingerprint density at radius 1 is 0.297 bits per heavy atom. The summed E-state index contributed by atoms with van der Waals surface area (Å²) in [6, 6.07) is 0. The fourth-order valence-corrected chi connectivity index (χ4v) is 10.4. The monoisotopic (exact) mass is 1310 g/mol. The summed E-state index contributed by atoms with van der Waals surface area (Å²) in [6.07, 6.45) is -51.4. The van der Waals surface area contributed by atoms with E-state index in [1.54, 1.807) is 0 Å². The summed E-state index contributed by atoms with van der Waals surface area (Å²) >= 11 is 0. The van der Waals surface area contributed by atoms with Gasteiger partial charge < -0.3 is 115 Å². The molecule has 0 spiro atoms. The van der Waals surface area contributed by atoms with Crippen LogP contribution >= 0.6 is 0 Å². The Bertz CT molecular complexity index is 2660. The van der Waals surface area contributed by atoms with Gasteiger partial charge in [0.25, 0.3) is 0 Å². The highest BCUT2D eigenvalue weighted by atomic mass is 16.8. The quantitative estimate of drug-likeness (QED) is 0.0681. The summed E-state index contributed by atoms with van der Waals surface area (Å²) in [5.41, 5.74) is 0. The molecule has 0 aromatic heterocycles. The number of carboxylic acid groups (broad SMARTS) is 1. The molecule has 5 fully saturated rings. The minimum Gasteiger partial charge on any atom is -0.479 e. The highest BCUT2D eigenvalue weighted by Crippen LogP contribution is 2.41. The Balaban J connectivity index is 1.79. The SMILES string of the molecule is CC(=O)OC[C@H]1O[C@@H](O[C@@H]2[C@@H](O[C@@H]3O[C@H](COC(C)=O)[C@H](OC(C)=O)[C@H](OC(C)=O)[C@H]3O[C@@H]3O[C@@H](C)[C@H](OC(C)=O)[C@@H](OC(C)=O)[C@H]3O[C@@H]3O[C@@H](C)[C@H](OC(C)=O)[C@@H](OC(C)=O)[C@H]3OC(C)=O)[C@H](O)[C@@H](C(=O)O)O[C@H]2O)[C@H](OC(C)=O)[C@@H](OC(C)=O)[C@H]1OC(C)=O. The number of rotatable bonds is 23. The van der Waals surface area contributed by atoms with E-state index in [-0.39, 0.29) is 0 Å². The molecule has 0 aromatic rings. The van der Waals surface area contributed by atoms with Crippen molar-refractivity contribution in [1.82, 2.24) is 0 Å². The van der Waals surface area contributed by atoms with Crippen molar-refractivity contribution >= 4 is 77.6 Å². The maximum absolute atomic E-state index is 13.4. The van der Waals surface area contributed by atoms with Crippen molar-refractivity contribution in [2.75, 3.05) is 13.2 Å². The number of aliphatic hydroxyl groups is 2. The lowest BCUT2D eigenvalue weighted by Crippen LogP contribution is -2.70. The van der Waals surface area contributed by atoms with Crippen LogP contribution in [0.5, 0.6) is 0 Å². The van der Waals surface area contributed by atoms with Crippen LogP contribution in [0.1, 0.15) is 96.9 Å². The topological polar surface area (TPSA) is 476 Å². The summed E-state index contributed by atoms with van der Waals surface area (Å²) in [6.45, 7) is 12.0. The lowest BCUT2D eigenvalue weighted by molar-refractivity contribution is -0.407. The van der Waals surface area contributed by atoms with Crippen LogP contribution in [-0.2, 0) is 162 Å². The Morgan fingerprint density at radius 3 is 0.890 bits per heavy atom. The van der Waals surface area contributed by atoms with Crippen molar-refractivity contribution in [2.45, 2.75) is 250 Å². The lowest BCUT2D eigenvalue weighted by atomic mass is 9.94. The first-order valence-electron chi connectivity index (χ1n) is 27.9. The van der Waals surface area contributed by atoms with Crippen LogP contribution in [-0.4, -0.2) is 260 Å². The predicted octanol–water partition coefficient (Wildman–Crippen LogP) is -2.93. The molecule has 0 aliphatic carbocycles. The van der Waals surface area contributed by atoms with Gasteiger partial charge in [-0.1, -0.05) is 0 Å². The molecule has 25 atom stereocenters. The summed E-state index contributed by atoms with van der Waals surface area (Å²) < 4.78 is 122. The number of carbonyl (C=O) groups is 13. The second kappa shape index (κ2) is 32.8. The molecule has 0 unspecified atom stereocenters. The third-order valence-electron chi connectivity index (χ3n) is 13.5. The van der Waals surface area contributed by atoms with E-state index in [0.29, 0.717) is 0 Å². The molecule has 5 aliphatic heterocycles. The van der Waals surface area contributed by atoms with Gasteiger partial charge in [-0.25, -0.2) is 4.79 Å². The summed E-state index contributed by atoms with van der Waals surface area (Å²) in [5.74, 6) is -14.6. The average molecular weight is 1320 g/mol. The second-order valence-corrected chi connectivity index (χ2v) is 21.0.